The van der Waals surface area contributed by atoms with Crippen LogP contribution in [0.4, 0.5) is 5.69 Å². The Morgan fingerprint density at radius 3 is 2.66 bits per heavy atom. The lowest BCUT2D eigenvalue weighted by Crippen LogP contribution is -2.12. The highest BCUT2D eigenvalue weighted by atomic mass is 16.3. The van der Waals surface area contributed by atoms with Gasteiger partial charge in [-0.2, -0.15) is 0 Å². The molecule has 0 fully saturated rings. The summed E-state index contributed by atoms with van der Waals surface area (Å²) in [5.41, 5.74) is 4.86. The second kappa shape index (κ2) is 6.91. The van der Waals surface area contributed by atoms with Crippen LogP contribution in [-0.2, 0) is 0 Å². The Labute approximate surface area is 167 Å². The van der Waals surface area contributed by atoms with Crippen molar-refractivity contribution in [2.24, 2.45) is 0 Å². The highest BCUT2D eigenvalue weighted by Crippen LogP contribution is 2.27. The van der Waals surface area contributed by atoms with E-state index in [0.717, 1.165) is 33.0 Å². The molecule has 5 rings (SSSR count). The molecule has 1 heterocycles. The zero-order valence-corrected chi connectivity index (χ0v) is 15.8. The van der Waals surface area contributed by atoms with Crippen LogP contribution in [0.1, 0.15) is 15.9 Å². The summed E-state index contributed by atoms with van der Waals surface area (Å²) in [5, 5.41) is 4.96. The van der Waals surface area contributed by atoms with Crippen LogP contribution in [0.15, 0.2) is 89.3 Å². The number of aromatic nitrogens is 1. The van der Waals surface area contributed by atoms with E-state index in [1.165, 1.54) is 0 Å². The summed E-state index contributed by atoms with van der Waals surface area (Å²) in [6, 6.07) is 27.1. The van der Waals surface area contributed by atoms with E-state index in [1.807, 2.05) is 91.9 Å². The van der Waals surface area contributed by atoms with Gasteiger partial charge in [-0.1, -0.05) is 48.5 Å². The topological polar surface area (TPSA) is 55.1 Å². The van der Waals surface area contributed by atoms with Gasteiger partial charge in [0.05, 0.1) is 0 Å². The number of rotatable bonds is 3. The fourth-order valence-corrected chi connectivity index (χ4v) is 3.51. The first-order valence-corrected chi connectivity index (χ1v) is 9.44. The lowest BCUT2D eigenvalue weighted by Gasteiger charge is -2.09. The first-order valence-electron chi connectivity index (χ1n) is 9.44. The van der Waals surface area contributed by atoms with Crippen molar-refractivity contribution in [1.29, 1.82) is 0 Å². The summed E-state index contributed by atoms with van der Waals surface area (Å²) in [5.74, 6) is 0.388. The normalized spacial score (nSPS) is 11.1. The van der Waals surface area contributed by atoms with E-state index in [9.17, 15) is 4.79 Å². The number of nitrogens with one attached hydrogen (secondary N) is 1. The largest absolute Gasteiger partial charge is 0.436 e. The number of benzene rings is 4. The lowest BCUT2D eigenvalue weighted by atomic mass is 10.0. The molecule has 0 saturated heterocycles. The van der Waals surface area contributed by atoms with Crippen LogP contribution in [0.5, 0.6) is 0 Å². The molecule has 1 amide bonds. The first-order chi connectivity index (χ1) is 14.2. The number of anilines is 1. The standard InChI is InChI=1S/C25H18N2O2/c1-16-12-13-23-22(14-16)27-25(29-23)18-8-4-9-19(15-18)26-24(28)21-11-5-7-17-6-2-3-10-20(17)21/h2-15H,1H3,(H,26,28). The fourth-order valence-electron chi connectivity index (χ4n) is 3.51. The highest BCUT2D eigenvalue weighted by Gasteiger charge is 2.12. The zero-order chi connectivity index (χ0) is 19.8. The van der Waals surface area contributed by atoms with Crippen molar-refractivity contribution in [3.63, 3.8) is 0 Å². The van der Waals surface area contributed by atoms with Crippen LogP contribution < -0.4 is 5.32 Å². The predicted molar refractivity (Wildman–Crippen MR) is 116 cm³/mol. The van der Waals surface area contributed by atoms with Crippen LogP contribution >= 0.6 is 0 Å². The van der Waals surface area contributed by atoms with Gasteiger partial charge in [-0.15, -0.1) is 0 Å². The minimum atomic E-state index is -0.146. The Kier molecular flexibility index (Phi) is 4.10. The molecule has 0 spiro atoms. The third-order valence-corrected chi connectivity index (χ3v) is 4.94. The molecule has 1 N–H and O–H groups in total. The Morgan fingerprint density at radius 2 is 1.72 bits per heavy atom. The van der Waals surface area contributed by atoms with E-state index >= 15 is 0 Å². The molecule has 0 atom stereocenters. The van der Waals surface area contributed by atoms with Gasteiger partial charge in [0.2, 0.25) is 5.89 Å². The van der Waals surface area contributed by atoms with Crippen molar-refractivity contribution in [2.75, 3.05) is 5.32 Å². The van der Waals surface area contributed by atoms with Crippen molar-refractivity contribution in [2.45, 2.75) is 6.92 Å². The number of hydrogen-bond acceptors (Lipinski definition) is 3. The van der Waals surface area contributed by atoms with Gasteiger partial charge in [-0.25, -0.2) is 4.98 Å². The van der Waals surface area contributed by atoms with Gasteiger partial charge >= 0.3 is 0 Å². The van der Waals surface area contributed by atoms with Gasteiger partial charge < -0.3 is 9.73 Å². The Morgan fingerprint density at radius 1 is 0.897 bits per heavy atom. The van der Waals surface area contributed by atoms with E-state index in [2.05, 4.69) is 10.3 Å². The quantitative estimate of drug-likeness (QED) is 0.406. The Balaban J connectivity index is 1.47. The number of oxazole rings is 1. The molecule has 140 valence electrons. The highest BCUT2D eigenvalue weighted by molar-refractivity contribution is 6.13. The van der Waals surface area contributed by atoms with E-state index in [0.29, 0.717) is 17.1 Å². The van der Waals surface area contributed by atoms with Crippen molar-refractivity contribution >= 4 is 33.5 Å². The molecule has 0 aliphatic carbocycles. The predicted octanol–water partition coefficient (Wildman–Crippen LogP) is 6.21. The summed E-state index contributed by atoms with van der Waals surface area (Å²) in [4.78, 5) is 17.5. The number of hydrogen-bond donors (Lipinski definition) is 1. The smallest absolute Gasteiger partial charge is 0.256 e. The molecule has 0 aliphatic heterocycles. The van der Waals surface area contributed by atoms with E-state index in [-0.39, 0.29) is 5.91 Å². The van der Waals surface area contributed by atoms with Crippen LogP contribution in [0, 0.1) is 6.92 Å². The monoisotopic (exact) mass is 378 g/mol. The Hall–Kier alpha value is -3.92. The summed E-state index contributed by atoms with van der Waals surface area (Å²) in [6.45, 7) is 2.03. The van der Waals surface area contributed by atoms with Crippen LogP contribution in [0.2, 0.25) is 0 Å². The summed E-state index contributed by atoms with van der Waals surface area (Å²) >= 11 is 0. The minimum absolute atomic E-state index is 0.146. The van der Waals surface area contributed by atoms with Gasteiger partial charge in [0, 0.05) is 16.8 Å². The van der Waals surface area contributed by atoms with Crippen molar-refractivity contribution in [3.8, 4) is 11.5 Å². The van der Waals surface area contributed by atoms with Gasteiger partial charge in [0.15, 0.2) is 5.58 Å². The van der Waals surface area contributed by atoms with E-state index < -0.39 is 0 Å². The first kappa shape index (κ1) is 17.2. The molecule has 0 radical (unpaired) electrons. The third kappa shape index (κ3) is 3.25. The number of carbonyl (C=O) groups excluding carboxylic acids is 1. The van der Waals surface area contributed by atoms with Crippen LogP contribution in [-0.4, -0.2) is 10.9 Å². The molecule has 29 heavy (non-hydrogen) atoms. The van der Waals surface area contributed by atoms with Gasteiger partial charge in [-0.3, -0.25) is 4.79 Å². The van der Waals surface area contributed by atoms with E-state index in [4.69, 9.17) is 4.42 Å². The summed E-state index contributed by atoms with van der Waals surface area (Å²) < 4.78 is 5.89. The molecule has 4 heteroatoms. The summed E-state index contributed by atoms with van der Waals surface area (Å²) in [7, 11) is 0. The molecule has 0 saturated carbocycles. The second-order valence-electron chi connectivity index (χ2n) is 7.05. The average Bonchev–Trinajstić information content (AvgIpc) is 3.17. The van der Waals surface area contributed by atoms with Gasteiger partial charge in [0.1, 0.15) is 5.52 Å². The van der Waals surface area contributed by atoms with Gasteiger partial charge in [0.25, 0.3) is 5.91 Å². The fraction of sp³-hybridized carbons (Fsp3) is 0.0400. The number of amides is 1. The molecule has 1 aromatic heterocycles. The maximum absolute atomic E-state index is 12.9. The molecule has 0 unspecified atom stereocenters. The SMILES string of the molecule is Cc1ccc2oc(-c3cccc(NC(=O)c4cccc5ccccc45)c3)nc2c1. The molecular formula is C25H18N2O2. The molecule has 5 aromatic rings. The maximum Gasteiger partial charge on any atom is 0.256 e. The minimum Gasteiger partial charge on any atom is -0.436 e. The lowest BCUT2D eigenvalue weighted by molar-refractivity contribution is 0.102. The van der Waals surface area contributed by atoms with Crippen molar-refractivity contribution in [3.05, 3.63) is 96.1 Å². The van der Waals surface area contributed by atoms with Crippen LogP contribution in [0.25, 0.3) is 33.3 Å². The maximum atomic E-state index is 12.9. The van der Waals surface area contributed by atoms with Crippen LogP contribution in [0.3, 0.4) is 0 Å². The van der Waals surface area contributed by atoms with Crippen molar-refractivity contribution < 1.29 is 9.21 Å². The van der Waals surface area contributed by atoms with Crippen molar-refractivity contribution in [1.82, 2.24) is 4.98 Å². The Bertz CT molecular complexity index is 1360. The zero-order valence-electron chi connectivity index (χ0n) is 15.8. The molecule has 4 aromatic carbocycles. The number of carbonyl (C=O) groups is 1. The number of aryl methyl sites for hydroxylation is 1. The number of fused-ring (bicyclic) bond motifs is 2. The number of nitrogens with zero attached hydrogens (tertiary/aromatic N) is 1. The molecule has 0 aliphatic rings. The summed E-state index contributed by atoms with van der Waals surface area (Å²) in [6.07, 6.45) is 0. The molecule has 4 nitrogen and oxygen atoms in total. The van der Waals surface area contributed by atoms with Gasteiger partial charge in [-0.05, 0) is 59.7 Å². The third-order valence-electron chi connectivity index (χ3n) is 4.94. The molecular weight excluding hydrogens is 360 g/mol. The molecule has 0 bridgehead atoms. The van der Waals surface area contributed by atoms with E-state index in [1.54, 1.807) is 0 Å². The average molecular weight is 378 g/mol. The second-order valence-corrected chi connectivity index (χ2v) is 7.05.